The maximum Gasteiger partial charge on any atom is 0.293 e. The normalized spacial score (nSPS) is 10.3. The Morgan fingerprint density at radius 3 is 2.22 bits per heavy atom. The number of amides is 2. The molecule has 3 aromatic rings. The predicted molar refractivity (Wildman–Crippen MR) is 98.6 cm³/mol. The number of carbonyl (C=O) groups excluding carboxylic acids is 2. The summed E-state index contributed by atoms with van der Waals surface area (Å²) in [7, 11) is 0. The number of rotatable bonds is 4. The molecule has 136 valence electrons. The topological polar surface area (TPSA) is 96.9 Å². The summed E-state index contributed by atoms with van der Waals surface area (Å²) in [5, 5.41) is 5.79. The number of hydrogen-bond donors (Lipinski definition) is 2. The van der Waals surface area contributed by atoms with Crippen molar-refractivity contribution in [1.82, 2.24) is 15.0 Å². The van der Waals surface area contributed by atoms with Crippen LogP contribution >= 0.6 is 23.2 Å². The van der Waals surface area contributed by atoms with Crippen molar-refractivity contribution in [3.8, 4) is 0 Å². The van der Waals surface area contributed by atoms with Gasteiger partial charge >= 0.3 is 0 Å². The van der Waals surface area contributed by atoms with E-state index in [0.717, 1.165) is 12.4 Å². The molecule has 2 N–H and O–H groups in total. The van der Waals surface area contributed by atoms with Gasteiger partial charge in [-0.3, -0.25) is 9.59 Å². The van der Waals surface area contributed by atoms with Gasteiger partial charge in [0.15, 0.2) is 5.82 Å². The van der Waals surface area contributed by atoms with Crippen LogP contribution in [0.25, 0.3) is 0 Å². The number of carbonyl (C=O) groups is 2. The molecule has 0 atom stereocenters. The Bertz CT molecular complexity index is 997. The van der Waals surface area contributed by atoms with Crippen molar-refractivity contribution in [3.05, 3.63) is 76.2 Å². The van der Waals surface area contributed by atoms with Crippen molar-refractivity contribution < 1.29 is 14.0 Å². The predicted octanol–water partition coefficient (Wildman–Crippen LogP) is 3.82. The highest BCUT2D eigenvalue weighted by molar-refractivity contribution is 6.31. The summed E-state index contributed by atoms with van der Waals surface area (Å²) >= 11 is 11.7. The Hall–Kier alpha value is -3.10. The molecule has 0 aliphatic carbocycles. The zero-order chi connectivity index (χ0) is 19.4. The van der Waals surface area contributed by atoms with Crippen LogP contribution in [0, 0.1) is 5.82 Å². The van der Waals surface area contributed by atoms with Crippen LogP contribution in [0.2, 0.25) is 10.0 Å². The maximum atomic E-state index is 12.9. The van der Waals surface area contributed by atoms with E-state index in [9.17, 15) is 14.0 Å². The molecule has 0 radical (unpaired) electrons. The summed E-state index contributed by atoms with van der Waals surface area (Å²) in [6, 6.07) is 7.42. The highest BCUT2D eigenvalue weighted by Crippen LogP contribution is 2.22. The van der Waals surface area contributed by atoms with Crippen molar-refractivity contribution >= 4 is 46.5 Å². The zero-order valence-electron chi connectivity index (χ0n) is 13.4. The van der Waals surface area contributed by atoms with Gasteiger partial charge in [-0.05, 0) is 30.3 Å². The molecular weight excluding hydrogens is 396 g/mol. The average molecular weight is 406 g/mol. The van der Waals surface area contributed by atoms with Crippen LogP contribution in [0.1, 0.15) is 21.0 Å². The second-order valence-corrected chi connectivity index (χ2v) is 6.06. The molecule has 0 aliphatic heterocycles. The van der Waals surface area contributed by atoms with Crippen LogP contribution in [0.15, 0.2) is 48.9 Å². The molecule has 2 amide bonds. The van der Waals surface area contributed by atoms with E-state index in [2.05, 4.69) is 25.6 Å². The molecule has 0 saturated carbocycles. The SMILES string of the molecule is O=C(Nc1ccc(Cl)cc1C(=O)Nc1ccc(Cl)cn1)c1ncc(F)cn1. The Morgan fingerprint density at radius 2 is 1.56 bits per heavy atom. The first-order valence-electron chi connectivity index (χ1n) is 7.44. The van der Waals surface area contributed by atoms with Crippen LogP contribution < -0.4 is 10.6 Å². The van der Waals surface area contributed by atoms with E-state index in [1.807, 2.05) is 0 Å². The summed E-state index contributed by atoms with van der Waals surface area (Å²) in [5.74, 6) is -1.92. The quantitative estimate of drug-likeness (QED) is 0.687. The largest absolute Gasteiger partial charge is 0.318 e. The van der Waals surface area contributed by atoms with Gasteiger partial charge in [-0.2, -0.15) is 0 Å². The van der Waals surface area contributed by atoms with Crippen molar-refractivity contribution in [1.29, 1.82) is 0 Å². The Labute approximate surface area is 162 Å². The Kier molecular flexibility index (Phi) is 5.58. The highest BCUT2D eigenvalue weighted by Gasteiger charge is 2.17. The molecule has 7 nitrogen and oxygen atoms in total. The van der Waals surface area contributed by atoms with Crippen LogP contribution in [-0.4, -0.2) is 26.8 Å². The van der Waals surface area contributed by atoms with Gasteiger partial charge in [0.1, 0.15) is 5.82 Å². The average Bonchev–Trinajstić information content (AvgIpc) is 2.65. The molecule has 2 heterocycles. The summed E-state index contributed by atoms with van der Waals surface area (Å²) in [6.07, 6.45) is 3.11. The molecule has 1 aromatic carbocycles. The van der Waals surface area contributed by atoms with Crippen LogP contribution in [0.4, 0.5) is 15.9 Å². The summed E-state index contributed by atoms with van der Waals surface area (Å²) in [5.41, 5.74) is 0.263. The van der Waals surface area contributed by atoms with Gasteiger partial charge in [0, 0.05) is 11.2 Å². The second-order valence-electron chi connectivity index (χ2n) is 5.18. The van der Waals surface area contributed by atoms with Gasteiger partial charge < -0.3 is 10.6 Å². The number of nitrogens with zero attached hydrogens (tertiary/aromatic N) is 3. The summed E-state index contributed by atoms with van der Waals surface area (Å²) in [4.78, 5) is 36.0. The molecule has 0 unspecified atom stereocenters. The third kappa shape index (κ3) is 4.75. The van der Waals surface area contributed by atoms with Gasteiger partial charge in [0.05, 0.1) is 28.7 Å². The summed E-state index contributed by atoms with van der Waals surface area (Å²) < 4.78 is 12.9. The van der Waals surface area contributed by atoms with Crippen molar-refractivity contribution in [2.75, 3.05) is 10.6 Å². The van der Waals surface area contributed by atoms with Gasteiger partial charge in [-0.1, -0.05) is 23.2 Å². The number of aromatic nitrogens is 3. The Morgan fingerprint density at radius 1 is 0.852 bits per heavy atom. The molecule has 3 rings (SSSR count). The standard InChI is InChI=1S/C17H10Cl2FN5O2/c18-9-1-3-13(24-17(27)15-22-7-11(20)8-23-15)12(5-9)16(26)25-14-4-2-10(19)6-21-14/h1-8H,(H,24,27)(H,21,25,26). The maximum absolute atomic E-state index is 12.9. The molecule has 10 heteroatoms. The smallest absolute Gasteiger partial charge is 0.293 e. The van der Waals surface area contributed by atoms with E-state index < -0.39 is 17.6 Å². The van der Waals surface area contributed by atoms with Gasteiger partial charge in [0.25, 0.3) is 11.8 Å². The molecule has 0 spiro atoms. The first kappa shape index (κ1) is 18.7. The van der Waals surface area contributed by atoms with E-state index in [0.29, 0.717) is 10.0 Å². The lowest BCUT2D eigenvalue weighted by molar-refractivity contribution is 0.101. The molecular formula is C17H10Cl2FN5O2. The van der Waals surface area contributed by atoms with E-state index in [4.69, 9.17) is 23.2 Å². The van der Waals surface area contributed by atoms with Crippen molar-refractivity contribution in [2.24, 2.45) is 0 Å². The fourth-order valence-corrected chi connectivity index (χ4v) is 2.34. The number of anilines is 2. The monoisotopic (exact) mass is 405 g/mol. The lowest BCUT2D eigenvalue weighted by atomic mass is 10.1. The molecule has 27 heavy (non-hydrogen) atoms. The highest BCUT2D eigenvalue weighted by atomic mass is 35.5. The number of hydrogen-bond acceptors (Lipinski definition) is 5. The van der Waals surface area contributed by atoms with Crippen molar-refractivity contribution in [2.45, 2.75) is 0 Å². The Balaban J connectivity index is 1.83. The number of benzene rings is 1. The first-order valence-corrected chi connectivity index (χ1v) is 8.19. The van der Waals surface area contributed by atoms with E-state index in [-0.39, 0.29) is 22.9 Å². The van der Waals surface area contributed by atoms with E-state index >= 15 is 0 Å². The molecule has 0 fully saturated rings. The van der Waals surface area contributed by atoms with E-state index in [1.165, 1.54) is 30.5 Å². The van der Waals surface area contributed by atoms with Crippen LogP contribution in [-0.2, 0) is 0 Å². The number of pyridine rings is 1. The lowest BCUT2D eigenvalue weighted by Gasteiger charge is -2.11. The minimum atomic E-state index is -0.712. The minimum absolute atomic E-state index is 0.0923. The van der Waals surface area contributed by atoms with Gasteiger partial charge in [-0.15, -0.1) is 0 Å². The second kappa shape index (κ2) is 8.07. The number of halogens is 3. The fourth-order valence-electron chi connectivity index (χ4n) is 2.05. The molecule has 0 bridgehead atoms. The molecule has 2 aromatic heterocycles. The van der Waals surface area contributed by atoms with Crippen molar-refractivity contribution in [3.63, 3.8) is 0 Å². The fraction of sp³-hybridized carbons (Fsp3) is 0. The van der Waals surface area contributed by atoms with Crippen LogP contribution in [0.5, 0.6) is 0 Å². The van der Waals surface area contributed by atoms with Gasteiger partial charge in [0.2, 0.25) is 5.82 Å². The minimum Gasteiger partial charge on any atom is -0.318 e. The number of nitrogens with one attached hydrogen (secondary N) is 2. The van der Waals surface area contributed by atoms with Gasteiger partial charge in [-0.25, -0.2) is 19.3 Å². The molecule has 0 aliphatic rings. The lowest BCUT2D eigenvalue weighted by Crippen LogP contribution is -2.20. The summed E-state index contributed by atoms with van der Waals surface area (Å²) in [6.45, 7) is 0. The first-order chi connectivity index (χ1) is 12.9. The zero-order valence-corrected chi connectivity index (χ0v) is 14.9. The third-order valence-corrected chi connectivity index (χ3v) is 3.73. The molecule has 0 saturated heterocycles. The van der Waals surface area contributed by atoms with Crippen LogP contribution in [0.3, 0.4) is 0 Å². The van der Waals surface area contributed by atoms with E-state index in [1.54, 1.807) is 6.07 Å². The third-order valence-electron chi connectivity index (χ3n) is 3.27.